The molecule has 0 radical (unpaired) electrons. The van der Waals surface area contributed by atoms with Crippen molar-refractivity contribution in [3.63, 3.8) is 0 Å². The lowest BCUT2D eigenvalue weighted by molar-refractivity contribution is 0.0946. The number of carbonyl (C=O) groups is 1. The fraction of sp³-hybridized carbons (Fsp3) is 0.238. The number of aromatic nitrogens is 2. The van der Waals surface area contributed by atoms with Gasteiger partial charge >= 0.3 is 0 Å². The highest BCUT2D eigenvalue weighted by Crippen LogP contribution is 2.18. The van der Waals surface area contributed by atoms with Gasteiger partial charge in [0, 0.05) is 12.7 Å². The molecule has 3 aromatic rings. The van der Waals surface area contributed by atoms with Gasteiger partial charge in [-0.25, -0.2) is 4.68 Å². The fourth-order valence-electron chi connectivity index (χ4n) is 2.69. The third kappa shape index (κ3) is 5.34. The van der Waals surface area contributed by atoms with Crippen molar-refractivity contribution >= 4 is 5.91 Å². The number of hydrogen-bond acceptors (Lipinski definition) is 4. The van der Waals surface area contributed by atoms with Crippen molar-refractivity contribution < 1.29 is 14.3 Å². The lowest BCUT2D eigenvalue weighted by Gasteiger charge is -2.08. The minimum atomic E-state index is -0.187. The lowest BCUT2D eigenvalue weighted by atomic mass is 10.1. The van der Waals surface area contributed by atoms with Crippen molar-refractivity contribution in [2.24, 2.45) is 0 Å². The molecule has 0 aliphatic carbocycles. The van der Waals surface area contributed by atoms with Crippen LogP contribution in [0.4, 0.5) is 0 Å². The molecule has 1 N–H and O–H groups in total. The summed E-state index contributed by atoms with van der Waals surface area (Å²) in [4.78, 5) is 12.2. The van der Waals surface area contributed by atoms with Crippen LogP contribution >= 0.6 is 0 Å². The molecule has 1 aromatic heterocycles. The Morgan fingerprint density at radius 1 is 1.07 bits per heavy atom. The number of para-hydroxylation sites is 2. The zero-order valence-electron chi connectivity index (χ0n) is 15.3. The first-order valence-electron chi connectivity index (χ1n) is 8.87. The number of amides is 1. The van der Waals surface area contributed by atoms with Crippen LogP contribution < -0.4 is 14.8 Å². The van der Waals surface area contributed by atoms with Crippen LogP contribution in [-0.2, 0) is 13.2 Å². The molecule has 0 saturated carbocycles. The number of carbonyl (C=O) groups excluding carboxylic acids is 1. The van der Waals surface area contributed by atoms with Crippen LogP contribution in [0.1, 0.15) is 22.5 Å². The van der Waals surface area contributed by atoms with E-state index in [1.807, 2.05) is 54.6 Å². The second-order valence-corrected chi connectivity index (χ2v) is 6.00. The van der Waals surface area contributed by atoms with Crippen molar-refractivity contribution in [3.8, 4) is 11.5 Å². The van der Waals surface area contributed by atoms with Gasteiger partial charge in [0.15, 0.2) is 6.73 Å². The lowest BCUT2D eigenvalue weighted by Crippen LogP contribution is -2.25. The minimum Gasteiger partial charge on any atom is -0.496 e. The van der Waals surface area contributed by atoms with Gasteiger partial charge in [-0.3, -0.25) is 4.79 Å². The second-order valence-electron chi connectivity index (χ2n) is 6.00. The summed E-state index contributed by atoms with van der Waals surface area (Å²) in [6.07, 6.45) is 3.39. The molecule has 1 heterocycles. The molecular formula is C21H23N3O3. The molecule has 1 amide bonds. The SMILES string of the molecule is COc1ccccc1CCCNC(=O)c1ccn(COc2ccccc2)n1. The molecule has 3 rings (SSSR count). The van der Waals surface area contributed by atoms with E-state index in [0.29, 0.717) is 12.2 Å². The third-order valence-electron chi connectivity index (χ3n) is 4.08. The maximum atomic E-state index is 12.2. The van der Waals surface area contributed by atoms with Gasteiger partial charge in [0.1, 0.15) is 17.2 Å². The van der Waals surface area contributed by atoms with E-state index >= 15 is 0 Å². The van der Waals surface area contributed by atoms with Crippen LogP contribution in [0.5, 0.6) is 11.5 Å². The first kappa shape index (κ1) is 18.5. The number of nitrogens with zero attached hydrogens (tertiary/aromatic N) is 2. The third-order valence-corrected chi connectivity index (χ3v) is 4.08. The van der Waals surface area contributed by atoms with Crippen molar-refractivity contribution in [2.45, 2.75) is 19.6 Å². The number of rotatable bonds is 9. The molecule has 0 atom stereocenters. The molecular weight excluding hydrogens is 342 g/mol. The Bertz CT molecular complexity index is 862. The molecule has 0 saturated heterocycles. The summed E-state index contributed by atoms with van der Waals surface area (Å²) >= 11 is 0. The van der Waals surface area contributed by atoms with Crippen LogP contribution in [0.3, 0.4) is 0 Å². The normalized spacial score (nSPS) is 10.4. The molecule has 0 spiro atoms. The molecule has 0 fully saturated rings. The van der Waals surface area contributed by atoms with Gasteiger partial charge in [0.25, 0.3) is 5.91 Å². The highest BCUT2D eigenvalue weighted by Gasteiger charge is 2.09. The maximum absolute atomic E-state index is 12.2. The van der Waals surface area contributed by atoms with E-state index in [2.05, 4.69) is 10.4 Å². The summed E-state index contributed by atoms with van der Waals surface area (Å²) in [5, 5.41) is 7.15. The van der Waals surface area contributed by atoms with Gasteiger partial charge in [0.2, 0.25) is 0 Å². The highest BCUT2D eigenvalue weighted by atomic mass is 16.5. The topological polar surface area (TPSA) is 65.4 Å². The maximum Gasteiger partial charge on any atom is 0.271 e. The van der Waals surface area contributed by atoms with Crippen molar-refractivity contribution in [1.82, 2.24) is 15.1 Å². The largest absolute Gasteiger partial charge is 0.496 e. The smallest absolute Gasteiger partial charge is 0.271 e. The average molecular weight is 365 g/mol. The Morgan fingerprint density at radius 2 is 1.85 bits per heavy atom. The first-order valence-corrected chi connectivity index (χ1v) is 8.87. The number of aryl methyl sites for hydroxylation is 1. The fourth-order valence-corrected chi connectivity index (χ4v) is 2.69. The van der Waals surface area contributed by atoms with Gasteiger partial charge in [-0.05, 0) is 42.7 Å². The van der Waals surface area contributed by atoms with Crippen LogP contribution in [-0.4, -0.2) is 29.3 Å². The van der Waals surface area contributed by atoms with Gasteiger partial charge in [-0.2, -0.15) is 5.10 Å². The van der Waals surface area contributed by atoms with Gasteiger partial charge in [-0.1, -0.05) is 36.4 Å². The van der Waals surface area contributed by atoms with E-state index in [-0.39, 0.29) is 12.6 Å². The Kier molecular flexibility index (Phi) is 6.46. The Balaban J connectivity index is 1.42. The summed E-state index contributed by atoms with van der Waals surface area (Å²) in [6.45, 7) is 0.829. The zero-order chi connectivity index (χ0) is 18.9. The van der Waals surface area contributed by atoms with Crippen molar-refractivity contribution in [2.75, 3.05) is 13.7 Å². The first-order chi connectivity index (χ1) is 13.3. The number of nitrogens with one attached hydrogen (secondary N) is 1. The molecule has 140 valence electrons. The standard InChI is InChI=1S/C21H23N3O3/c1-26-20-12-6-5-8-17(20)9-7-14-22-21(25)19-13-15-24(23-19)16-27-18-10-3-2-4-11-18/h2-6,8,10-13,15H,7,9,14,16H2,1H3,(H,22,25). The Morgan fingerprint density at radius 3 is 2.67 bits per heavy atom. The number of ether oxygens (including phenoxy) is 2. The minimum absolute atomic E-state index is 0.187. The molecule has 0 unspecified atom stereocenters. The molecule has 0 aliphatic heterocycles. The Labute approximate surface area is 158 Å². The van der Waals surface area contributed by atoms with Crippen LogP contribution in [0, 0.1) is 0 Å². The van der Waals surface area contributed by atoms with Crippen LogP contribution in [0.2, 0.25) is 0 Å². The van der Waals surface area contributed by atoms with Gasteiger partial charge in [0.05, 0.1) is 7.11 Å². The number of hydrogen-bond donors (Lipinski definition) is 1. The predicted octanol–water partition coefficient (Wildman–Crippen LogP) is 3.29. The van der Waals surface area contributed by atoms with Crippen LogP contribution in [0.25, 0.3) is 0 Å². The monoisotopic (exact) mass is 365 g/mol. The van der Waals surface area contributed by atoms with Crippen molar-refractivity contribution in [1.29, 1.82) is 0 Å². The van der Waals surface area contributed by atoms with Crippen LogP contribution in [0.15, 0.2) is 66.9 Å². The van der Waals surface area contributed by atoms with E-state index in [0.717, 1.165) is 29.9 Å². The molecule has 6 nitrogen and oxygen atoms in total. The second kappa shape index (κ2) is 9.43. The van der Waals surface area contributed by atoms with Crippen molar-refractivity contribution in [3.05, 3.63) is 78.1 Å². The van der Waals surface area contributed by atoms with Gasteiger partial charge in [-0.15, -0.1) is 0 Å². The van der Waals surface area contributed by atoms with E-state index in [1.165, 1.54) is 0 Å². The molecule has 2 aromatic carbocycles. The summed E-state index contributed by atoms with van der Waals surface area (Å²) in [5.41, 5.74) is 1.51. The number of benzene rings is 2. The highest BCUT2D eigenvalue weighted by molar-refractivity contribution is 5.92. The summed E-state index contributed by atoms with van der Waals surface area (Å²) in [7, 11) is 1.67. The quantitative estimate of drug-likeness (QED) is 0.591. The molecule has 0 aliphatic rings. The van der Waals surface area contributed by atoms with E-state index in [9.17, 15) is 4.79 Å². The van der Waals surface area contributed by atoms with Gasteiger partial charge < -0.3 is 14.8 Å². The molecule has 0 bridgehead atoms. The Hall–Kier alpha value is -3.28. The predicted molar refractivity (Wildman–Crippen MR) is 103 cm³/mol. The number of methoxy groups -OCH3 is 1. The zero-order valence-corrected chi connectivity index (χ0v) is 15.3. The molecule has 6 heteroatoms. The summed E-state index contributed by atoms with van der Waals surface area (Å²) in [5.74, 6) is 1.45. The average Bonchev–Trinajstić information content (AvgIpc) is 3.20. The summed E-state index contributed by atoms with van der Waals surface area (Å²) in [6, 6.07) is 19.1. The molecule has 27 heavy (non-hydrogen) atoms. The van der Waals surface area contributed by atoms with E-state index in [1.54, 1.807) is 24.1 Å². The van der Waals surface area contributed by atoms with E-state index in [4.69, 9.17) is 9.47 Å². The summed E-state index contributed by atoms with van der Waals surface area (Å²) < 4.78 is 12.5. The van der Waals surface area contributed by atoms with E-state index < -0.39 is 0 Å².